The number of nitriles is 1. The van der Waals surface area contributed by atoms with E-state index in [2.05, 4.69) is 16.4 Å². The molecule has 2 rings (SSSR count). The predicted octanol–water partition coefficient (Wildman–Crippen LogP) is 2.41. The molecule has 5 heteroatoms. The number of aryl methyl sites for hydroxylation is 1. The van der Waals surface area contributed by atoms with Crippen LogP contribution >= 0.6 is 0 Å². The van der Waals surface area contributed by atoms with Crippen LogP contribution in [0, 0.1) is 24.2 Å². The summed E-state index contributed by atoms with van der Waals surface area (Å²) >= 11 is 0. The molecule has 0 radical (unpaired) electrons. The van der Waals surface area contributed by atoms with Gasteiger partial charge in [-0.2, -0.15) is 5.26 Å². The van der Waals surface area contributed by atoms with E-state index in [1.165, 1.54) is 7.11 Å². The number of nitrogens with one attached hydrogen (secondary N) is 1. The van der Waals surface area contributed by atoms with Crippen molar-refractivity contribution in [3.63, 3.8) is 0 Å². The highest BCUT2D eigenvalue weighted by Gasteiger charge is 2.26. The van der Waals surface area contributed by atoms with Crippen molar-refractivity contribution in [3.8, 4) is 6.07 Å². The van der Waals surface area contributed by atoms with E-state index in [-0.39, 0.29) is 11.9 Å². The van der Waals surface area contributed by atoms with E-state index in [1.54, 1.807) is 12.1 Å². The van der Waals surface area contributed by atoms with Crippen molar-refractivity contribution in [3.05, 3.63) is 23.4 Å². The Morgan fingerprint density at radius 1 is 1.40 bits per heavy atom. The zero-order chi connectivity index (χ0) is 14.5. The van der Waals surface area contributed by atoms with Crippen LogP contribution in [0.5, 0.6) is 0 Å². The highest BCUT2D eigenvalue weighted by molar-refractivity contribution is 5.72. The van der Waals surface area contributed by atoms with Crippen molar-refractivity contribution >= 4 is 11.8 Å². The maximum absolute atomic E-state index is 11.5. The number of hydrogen-bond donors (Lipinski definition) is 1. The first kappa shape index (κ1) is 14.3. The molecule has 1 fully saturated rings. The second-order valence-electron chi connectivity index (χ2n) is 5.21. The fraction of sp³-hybridized carbons (Fsp3) is 0.533. The first-order valence-corrected chi connectivity index (χ1v) is 6.85. The number of esters is 1. The van der Waals surface area contributed by atoms with Gasteiger partial charge in [-0.05, 0) is 44.7 Å². The number of hydrogen-bond acceptors (Lipinski definition) is 5. The van der Waals surface area contributed by atoms with E-state index in [0.29, 0.717) is 11.6 Å². The SMILES string of the molecule is COC(=O)C1CCC(Nc2cc(C#N)cc(C)n2)CC1. The molecule has 0 aliphatic heterocycles. The Bertz CT molecular complexity index is 528. The fourth-order valence-electron chi connectivity index (χ4n) is 2.66. The summed E-state index contributed by atoms with van der Waals surface area (Å²) in [5.74, 6) is 0.658. The van der Waals surface area contributed by atoms with Gasteiger partial charge in [0.15, 0.2) is 0 Å². The zero-order valence-electron chi connectivity index (χ0n) is 11.8. The van der Waals surface area contributed by atoms with Crippen LogP contribution < -0.4 is 5.32 Å². The molecule has 1 aliphatic carbocycles. The van der Waals surface area contributed by atoms with Gasteiger partial charge in [-0.15, -0.1) is 0 Å². The van der Waals surface area contributed by atoms with Gasteiger partial charge in [0.2, 0.25) is 0 Å². The van der Waals surface area contributed by atoms with Gasteiger partial charge in [0.1, 0.15) is 5.82 Å². The molecule has 0 unspecified atom stereocenters. The lowest BCUT2D eigenvalue weighted by atomic mass is 9.86. The van der Waals surface area contributed by atoms with E-state index in [4.69, 9.17) is 10.00 Å². The van der Waals surface area contributed by atoms with Gasteiger partial charge in [0.25, 0.3) is 0 Å². The van der Waals surface area contributed by atoms with E-state index >= 15 is 0 Å². The molecule has 1 aliphatic rings. The van der Waals surface area contributed by atoms with Crippen LogP contribution in [0.2, 0.25) is 0 Å². The molecule has 1 N–H and O–H groups in total. The standard InChI is InChI=1S/C15H19N3O2/c1-10-7-11(9-16)8-14(17-10)18-13-5-3-12(4-6-13)15(19)20-2/h7-8,12-13H,3-6H2,1-2H3,(H,17,18). The molecular formula is C15H19N3O2. The summed E-state index contributed by atoms with van der Waals surface area (Å²) in [6, 6.07) is 5.96. The highest BCUT2D eigenvalue weighted by atomic mass is 16.5. The van der Waals surface area contributed by atoms with Crippen LogP contribution in [0.1, 0.15) is 36.9 Å². The monoisotopic (exact) mass is 273 g/mol. The Balaban J connectivity index is 1.94. The van der Waals surface area contributed by atoms with Crippen LogP contribution in [0.4, 0.5) is 5.82 Å². The Hall–Kier alpha value is -2.09. The Morgan fingerprint density at radius 2 is 2.10 bits per heavy atom. The molecule has 0 aromatic carbocycles. The molecule has 1 aromatic rings. The normalized spacial score (nSPS) is 21.9. The van der Waals surface area contributed by atoms with E-state index in [1.807, 2.05) is 6.92 Å². The van der Waals surface area contributed by atoms with Gasteiger partial charge in [-0.3, -0.25) is 4.79 Å². The largest absolute Gasteiger partial charge is 0.469 e. The quantitative estimate of drug-likeness (QED) is 0.856. The zero-order valence-corrected chi connectivity index (χ0v) is 11.8. The molecule has 5 nitrogen and oxygen atoms in total. The Labute approximate surface area is 119 Å². The third-order valence-corrected chi connectivity index (χ3v) is 3.70. The lowest BCUT2D eigenvalue weighted by molar-refractivity contribution is -0.146. The first-order chi connectivity index (χ1) is 9.62. The minimum absolute atomic E-state index is 0.0261. The summed E-state index contributed by atoms with van der Waals surface area (Å²) in [5.41, 5.74) is 1.44. The van der Waals surface area contributed by atoms with Crippen LogP contribution in [-0.4, -0.2) is 24.1 Å². The van der Waals surface area contributed by atoms with Crippen LogP contribution in [-0.2, 0) is 9.53 Å². The van der Waals surface area contributed by atoms with Crippen molar-refractivity contribution in [2.45, 2.75) is 38.6 Å². The molecule has 1 heterocycles. The van der Waals surface area contributed by atoms with Crippen LogP contribution in [0.25, 0.3) is 0 Å². The molecule has 20 heavy (non-hydrogen) atoms. The average Bonchev–Trinajstić information content (AvgIpc) is 2.46. The molecule has 0 atom stereocenters. The lowest BCUT2D eigenvalue weighted by Crippen LogP contribution is -2.30. The summed E-state index contributed by atoms with van der Waals surface area (Å²) in [7, 11) is 1.44. The molecule has 0 saturated heterocycles. The molecule has 1 aromatic heterocycles. The van der Waals surface area contributed by atoms with Gasteiger partial charge < -0.3 is 10.1 Å². The third-order valence-electron chi connectivity index (χ3n) is 3.70. The Kier molecular flexibility index (Phi) is 4.57. The van der Waals surface area contributed by atoms with Crippen molar-refractivity contribution in [2.24, 2.45) is 5.92 Å². The second-order valence-corrected chi connectivity index (χ2v) is 5.21. The third kappa shape index (κ3) is 3.47. The molecule has 1 saturated carbocycles. The summed E-state index contributed by atoms with van der Waals surface area (Å²) in [5, 5.41) is 12.3. The number of carbonyl (C=O) groups excluding carboxylic acids is 1. The van der Waals surface area contributed by atoms with Crippen LogP contribution in [0.15, 0.2) is 12.1 Å². The van der Waals surface area contributed by atoms with E-state index in [0.717, 1.165) is 37.2 Å². The van der Waals surface area contributed by atoms with Gasteiger partial charge in [-0.1, -0.05) is 0 Å². The number of nitrogens with zero attached hydrogens (tertiary/aromatic N) is 2. The van der Waals surface area contributed by atoms with Gasteiger partial charge >= 0.3 is 5.97 Å². The molecule has 0 amide bonds. The predicted molar refractivity (Wildman–Crippen MR) is 75.1 cm³/mol. The summed E-state index contributed by atoms with van der Waals surface area (Å²) in [4.78, 5) is 15.9. The highest BCUT2D eigenvalue weighted by Crippen LogP contribution is 2.27. The maximum atomic E-state index is 11.5. The van der Waals surface area contributed by atoms with Gasteiger partial charge in [0, 0.05) is 11.7 Å². The van der Waals surface area contributed by atoms with Crippen LogP contribution in [0.3, 0.4) is 0 Å². The summed E-state index contributed by atoms with van der Waals surface area (Å²) in [6.45, 7) is 1.88. The Morgan fingerprint density at radius 3 is 2.70 bits per heavy atom. The number of anilines is 1. The molecule has 0 spiro atoms. The average molecular weight is 273 g/mol. The van der Waals surface area contributed by atoms with E-state index < -0.39 is 0 Å². The van der Waals surface area contributed by atoms with Crippen molar-refractivity contribution in [1.82, 2.24) is 4.98 Å². The fourth-order valence-corrected chi connectivity index (χ4v) is 2.66. The molecule has 0 bridgehead atoms. The maximum Gasteiger partial charge on any atom is 0.308 e. The van der Waals surface area contributed by atoms with Crippen molar-refractivity contribution < 1.29 is 9.53 Å². The topological polar surface area (TPSA) is 75.0 Å². The number of ether oxygens (including phenoxy) is 1. The minimum Gasteiger partial charge on any atom is -0.469 e. The number of aromatic nitrogens is 1. The van der Waals surface area contributed by atoms with E-state index in [9.17, 15) is 4.79 Å². The first-order valence-electron chi connectivity index (χ1n) is 6.85. The number of carbonyl (C=O) groups is 1. The van der Waals surface area contributed by atoms with Crippen molar-refractivity contribution in [2.75, 3.05) is 12.4 Å². The molecule has 106 valence electrons. The number of methoxy groups -OCH3 is 1. The molecular weight excluding hydrogens is 254 g/mol. The number of pyridine rings is 1. The summed E-state index contributed by atoms with van der Waals surface area (Å²) in [6.07, 6.45) is 3.50. The van der Waals surface area contributed by atoms with Gasteiger partial charge in [-0.25, -0.2) is 4.98 Å². The number of rotatable bonds is 3. The minimum atomic E-state index is -0.108. The summed E-state index contributed by atoms with van der Waals surface area (Å²) < 4.78 is 4.78. The lowest BCUT2D eigenvalue weighted by Gasteiger charge is -2.28. The van der Waals surface area contributed by atoms with Crippen molar-refractivity contribution in [1.29, 1.82) is 5.26 Å². The van der Waals surface area contributed by atoms with Gasteiger partial charge in [0.05, 0.1) is 24.7 Å². The second kappa shape index (κ2) is 6.38. The smallest absolute Gasteiger partial charge is 0.308 e.